The minimum Gasteiger partial charge on any atom is -0.301 e. The van der Waals surface area contributed by atoms with E-state index in [0.717, 1.165) is 6.04 Å². The zero-order chi connectivity index (χ0) is 6.69. The minimum absolute atomic E-state index is 0. The molecule has 1 heterocycles. The van der Waals surface area contributed by atoms with Gasteiger partial charge in [0, 0.05) is 7.47 Å². The molecule has 0 aromatic carbocycles. The fourth-order valence-corrected chi connectivity index (χ4v) is 1.77. The first kappa shape index (κ1) is 7.07. The second-order valence-corrected chi connectivity index (χ2v) is 2.83. The maximum Gasteiger partial charge on any atom is 0.00929 e. The van der Waals surface area contributed by atoms with Crippen molar-refractivity contribution in [3.63, 3.8) is 0 Å². The summed E-state index contributed by atoms with van der Waals surface area (Å²) in [5.41, 5.74) is 0. The van der Waals surface area contributed by atoms with Crippen molar-refractivity contribution in [2.24, 2.45) is 0 Å². The van der Waals surface area contributed by atoms with Crippen molar-refractivity contribution >= 4 is 0 Å². The van der Waals surface area contributed by atoms with Gasteiger partial charge in [0.05, 0.1) is 0 Å². The van der Waals surface area contributed by atoms with Crippen LogP contribution in [0.1, 0.15) is 34.5 Å². The van der Waals surface area contributed by atoms with E-state index in [1.807, 2.05) is 0 Å². The Kier molecular flexibility index (Phi) is 2.52. The highest BCUT2D eigenvalue weighted by Crippen LogP contribution is 2.18. The van der Waals surface area contributed by atoms with Gasteiger partial charge in [0.2, 0.25) is 0 Å². The Labute approximate surface area is 59.5 Å². The maximum absolute atomic E-state index is 2.58. The molecule has 0 bridgehead atoms. The van der Waals surface area contributed by atoms with Crippen LogP contribution in [0.25, 0.3) is 0 Å². The number of likely N-dealkylation sites (tertiary alicyclic amines) is 1. The fourth-order valence-electron chi connectivity index (χ4n) is 1.77. The SMILES string of the molecule is CCC1CCCN1CC.[HH]. The molecule has 0 saturated carbocycles. The first-order chi connectivity index (χ1) is 4.38. The van der Waals surface area contributed by atoms with E-state index in [1.165, 1.54) is 32.4 Å². The van der Waals surface area contributed by atoms with E-state index >= 15 is 0 Å². The van der Waals surface area contributed by atoms with Crippen LogP contribution < -0.4 is 0 Å². The molecule has 1 atom stereocenters. The van der Waals surface area contributed by atoms with E-state index in [-0.39, 0.29) is 1.43 Å². The molecule has 0 amide bonds. The standard InChI is InChI=1S/C8H17N.H2/c1-3-8-6-5-7-9(8)4-2;/h8H,3-7H2,1-2H3;1H. The summed E-state index contributed by atoms with van der Waals surface area (Å²) in [7, 11) is 0. The molecule has 1 aliphatic rings. The molecule has 0 aliphatic carbocycles. The van der Waals surface area contributed by atoms with Crippen molar-refractivity contribution in [1.82, 2.24) is 4.90 Å². The third kappa shape index (κ3) is 1.45. The Morgan fingerprint density at radius 3 is 2.78 bits per heavy atom. The molecule has 1 rings (SSSR count). The van der Waals surface area contributed by atoms with Crippen molar-refractivity contribution in [1.29, 1.82) is 0 Å². The highest BCUT2D eigenvalue weighted by atomic mass is 15.2. The average Bonchev–Trinajstić information content (AvgIpc) is 2.33. The van der Waals surface area contributed by atoms with Crippen molar-refractivity contribution < 1.29 is 1.43 Å². The molecule has 0 aromatic rings. The summed E-state index contributed by atoms with van der Waals surface area (Å²) >= 11 is 0. The van der Waals surface area contributed by atoms with Crippen LogP contribution in [-0.4, -0.2) is 24.0 Å². The lowest BCUT2D eigenvalue weighted by Crippen LogP contribution is -2.28. The van der Waals surface area contributed by atoms with Crippen LogP contribution in [0.15, 0.2) is 0 Å². The maximum atomic E-state index is 2.58. The molecule has 0 radical (unpaired) electrons. The smallest absolute Gasteiger partial charge is 0.00929 e. The van der Waals surface area contributed by atoms with Crippen LogP contribution in [0.2, 0.25) is 0 Å². The molecule has 0 aromatic heterocycles. The lowest BCUT2D eigenvalue weighted by atomic mass is 10.2. The number of hydrogen-bond donors (Lipinski definition) is 0. The first-order valence-corrected chi connectivity index (χ1v) is 4.12. The van der Waals surface area contributed by atoms with E-state index in [2.05, 4.69) is 18.7 Å². The van der Waals surface area contributed by atoms with Crippen LogP contribution in [0.3, 0.4) is 0 Å². The van der Waals surface area contributed by atoms with Gasteiger partial charge in [-0.2, -0.15) is 0 Å². The van der Waals surface area contributed by atoms with E-state index in [9.17, 15) is 0 Å². The molecule has 9 heavy (non-hydrogen) atoms. The Bertz CT molecular complexity index is 75.3. The Morgan fingerprint density at radius 1 is 1.56 bits per heavy atom. The van der Waals surface area contributed by atoms with Crippen LogP contribution in [0.5, 0.6) is 0 Å². The van der Waals surface area contributed by atoms with Gasteiger partial charge < -0.3 is 4.90 Å². The number of nitrogens with zero attached hydrogens (tertiary/aromatic N) is 1. The molecule has 0 spiro atoms. The van der Waals surface area contributed by atoms with Gasteiger partial charge in [0.15, 0.2) is 0 Å². The largest absolute Gasteiger partial charge is 0.301 e. The van der Waals surface area contributed by atoms with Gasteiger partial charge in [0.1, 0.15) is 0 Å². The molecular formula is C8H19N. The summed E-state index contributed by atoms with van der Waals surface area (Å²) in [6.45, 7) is 7.14. The van der Waals surface area contributed by atoms with Gasteiger partial charge in [0.25, 0.3) is 0 Å². The van der Waals surface area contributed by atoms with Gasteiger partial charge in [-0.25, -0.2) is 0 Å². The van der Waals surface area contributed by atoms with Gasteiger partial charge in [-0.05, 0) is 32.4 Å². The normalized spacial score (nSPS) is 29.3. The van der Waals surface area contributed by atoms with E-state index in [0.29, 0.717) is 0 Å². The number of rotatable bonds is 2. The lowest BCUT2D eigenvalue weighted by Gasteiger charge is -2.20. The van der Waals surface area contributed by atoms with Gasteiger partial charge in [-0.3, -0.25) is 0 Å². The summed E-state index contributed by atoms with van der Waals surface area (Å²) in [6.07, 6.45) is 4.20. The predicted molar refractivity (Wildman–Crippen MR) is 42.7 cm³/mol. The third-order valence-electron chi connectivity index (χ3n) is 2.38. The molecular weight excluding hydrogens is 110 g/mol. The monoisotopic (exact) mass is 129 g/mol. The van der Waals surface area contributed by atoms with Crippen LogP contribution in [0.4, 0.5) is 0 Å². The van der Waals surface area contributed by atoms with Gasteiger partial charge in [-0.1, -0.05) is 13.8 Å². The molecule has 0 N–H and O–H groups in total. The van der Waals surface area contributed by atoms with Crippen molar-refractivity contribution in [2.45, 2.75) is 39.2 Å². The van der Waals surface area contributed by atoms with Gasteiger partial charge >= 0.3 is 0 Å². The van der Waals surface area contributed by atoms with Crippen LogP contribution in [0, 0.1) is 0 Å². The molecule has 56 valence electrons. The zero-order valence-electron chi connectivity index (χ0n) is 6.56. The Morgan fingerprint density at radius 2 is 2.33 bits per heavy atom. The van der Waals surface area contributed by atoms with E-state index in [1.54, 1.807) is 0 Å². The third-order valence-corrected chi connectivity index (χ3v) is 2.38. The summed E-state index contributed by atoms with van der Waals surface area (Å²) in [4.78, 5) is 2.58. The zero-order valence-corrected chi connectivity index (χ0v) is 6.56. The summed E-state index contributed by atoms with van der Waals surface area (Å²) in [6, 6.07) is 0.912. The molecule has 1 nitrogen and oxygen atoms in total. The molecule has 1 heteroatoms. The first-order valence-electron chi connectivity index (χ1n) is 4.12. The van der Waals surface area contributed by atoms with Crippen molar-refractivity contribution in [2.75, 3.05) is 13.1 Å². The molecule has 1 unspecified atom stereocenters. The molecule has 1 saturated heterocycles. The van der Waals surface area contributed by atoms with Gasteiger partial charge in [-0.15, -0.1) is 0 Å². The summed E-state index contributed by atoms with van der Waals surface area (Å²) < 4.78 is 0. The lowest BCUT2D eigenvalue weighted by molar-refractivity contribution is 0.262. The summed E-state index contributed by atoms with van der Waals surface area (Å²) in [5.74, 6) is 0. The minimum atomic E-state index is 0. The van der Waals surface area contributed by atoms with E-state index < -0.39 is 0 Å². The Balaban J connectivity index is 0.000000810. The second kappa shape index (κ2) is 3.21. The fraction of sp³-hybridized carbons (Fsp3) is 1.00. The predicted octanol–water partition coefficient (Wildman–Crippen LogP) is 2.13. The summed E-state index contributed by atoms with van der Waals surface area (Å²) in [5, 5.41) is 0. The van der Waals surface area contributed by atoms with Crippen molar-refractivity contribution in [3.8, 4) is 0 Å². The highest BCUT2D eigenvalue weighted by molar-refractivity contribution is 4.76. The van der Waals surface area contributed by atoms with Crippen molar-refractivity contribution in [3.05, 3.63) is 0 Å². The average molecular weight is 129 g/mol. The highest BCUT2D eigenvalue weighted by Gasteiger charge is 2.20. The number of hydrogen-bond acceptors (Lipinski definition) is 1. The topological polar surface area (TPSA) is 3.24 Å². The van der Waals surface area contributed by atoms with Crippen LogP contribution >= 0.6 is 0 Å². The van der Waals surface area contributed by atoms with Crippen LogP contribution in [-0.2, 0) is 0 Å². The van der Waals surface area contributed by atoms with E-state index in [4.69, 9.17) is 0 Å². The quantitative estimate of drug-likeness (QED) is 0.552. The Hall–Kier alpha value is -0.0400. The second-order valence-electron chi connectivity index (χ2n) is 2.83. The molecule has 1 fully saturated rings. The molecule has 1 aliphatic heterocycles.